The van der Waals surface area contributed by atoms with E-state index >= 15 is 0 Å². The first-order valence-corrected chi connectivity index (χ1v) is 18.6. The first-order chi connectivity index (χ1) is 21.1. The molecule has 0 unspecified atom stereocenters. The van der Waals surface area contributed by atoms with Gasteiger partial charge in [-0.2, -0.15) is 0 Å². The molecule has 2 nitrogen and oxygen atoms in total. The van der Waals surface area contributed by atoms with E-state index in [1.165, 1.54) is 60.6 Å². The molecular weight excluding hydrogens is 543 g/mol. The zero-order valence-electron chi connectivity index (χ0n) is 26.6. The van der Waals surface area contributed by atoms with Crippen molar-refractivity contribution in [3.63, 3.8) is 0 Å². The van der Waals surface area contributed by atoms with Gasteiger partial charge in [-0.15, -0.1) is 0 Å². The molecule has 4 rings (SSSR count). The molecule has 0 N–H and O–H groups in total. The molecule has 226 valence electrons. The molecule has 43 heavy (non-hydrogen) atoms. The Morgan fingerprint density at radius 2 is 0.744 bits per heavy atom. The minimum Gasteiger partial charge on any atom is -0.289 e. The summed E-state index contributed by atoms with van der Waals surface area (Å²) in [6.45, 7) is 6.00. The first kappa shape index (κ1) is 32.8. The summed E-state index contributed by atoms with van der Waals surface area (Å²) in [5, 5.41) is 4.41. The average molecular weight is 594 g/mol. The van der Waals surface area contributed by atoms with Crippen molar-refractivity contribution in [1.82, 2.24) is 0 Å². The van der Waals surface area contributed by atoms with E-state index < -0.39 is 7.26 Å². The summed E-state index contributed by atoms with van der Waals surface area (Å²) in [6, 6.07) is 33.6. The number of ketones is 2. The van der Waals surface area contributed by atoms with E-state index in [4.69, 9.17) is 0 Å². The average Bonchev–Trinajstić information content (AvgIpc) is 3.06. The van der Waals surface area contributed by atoms with Crippen LogP contribution in [0.5, 0.6) is 0 Å². The highest BCUT2D eigenvalue weighted by atomic mass is 31.2. The summed E-state index contributed by atoms with van der Waals surface area (Å²) >= 11 is 0. The van der Waals surface area contributed by atoms with Gasteiger partial charge >= 0.3 is 0 Å². The van der Waals surface area contributed by atoms with Crippen molar-refractivity contribution >= 4 is 34.7 Å². The van der Waals surface area contributed by atoms with Gasteiger partial charge in [0.1, 0.15) is 23.2 Å². The molecule has 0 bridgehead atoms. The molecule has 1 aliphatic carbocycles. The van der Waals surface area contributed by atoms with E-state index in [-0.39, 0.29) is 11.6 Å². The normalized spacial score (nSPS) is 14.1. The minimum atomic E-state index is -1.73. The topological polar surface area (TPSA) is 34.1 Å². The highest BCUT2D eigenvalue weighted by molar-refractivity contribution is 7.95. The third kappa shape index (κ3) is 7.71. The maximum absolute atomic E-state index is 13.2. The second-order valence-electron chi connectivity index (χ2n) is 11.8. The fraction of sp³-hybridized carbons (Fsp3) is 0.400. The van der Waals surface area contributed by atoms with Gasteiger partial charge in [-0.3, -0.25) is 9.59 Å². The summed E-state index contributed by atoms with van der Waals surface area (Å²) in [6.07, 6.45) is 13.5. The largest absolute Gasteiger partial charge is 0.289 e. The van der Waals surface area contributed by atoms with E-state index in [2.05, 4.69) is 91.0 Å². The van der Waals surface area contributed by atoms with Gasteiger partial charge in [-0.05, 0) is 81.3 Å². The van der Waals surface area contributed by atoms with E-state index in [1.807, 2.05) is 20.8 Å². The number of unbranched alkanes of at least 4 members (excludes halogenated alkanes) is 7. The van der Waals surface area contributed by atoms with Crippen LogP contribution in [0.3, 0.4) is 0 Å². The van der Waals surface area contributed by atoms with Crippen molar-refractivity contribution < 1.29 is 9.59 Å². The van der Waals surface area contributed by atoms with Crippen LogP contribution in [0.2, 0.25) is 0 Å². The van der Waals surface area contributed by atoms with Crippen LogP contribution in [0, 0.1) is 0 Å². The summed E-state index contributed by atoms with van der Waals surface area (Å²) in [5.74, 6) is 0.283. The second kappa shape index (κ2) is 16.7. The number of Topliss-reactive ketones (excluding diaryl/α,β-unsaturated/α-hetero) is 2. The van der Waals surface area contributed by atoms with Gasteiger partial charge in [0.15, 0.2) is 11.6 Å². The first-order valence-electron chi connectivity index (χ1n) is 16.7. The van der Waals surface area contributed by atoms with Gasteiger partial charge in [0.25, 0.3) is 0 Å². The third-order valence-electron chi connectivity index (χ3n) is 9.15. The summed E-state index contributed by atoms with van der Waals surface area (Å²) in [7, 11) is -1.73. The van der Waals surface area contributed by atoms with Crippen LogP contribution in [-0.4, -0.2) is 17.7 Å². The van der Waals surface area contributed by atoms with E-state index in [1.54, 1.807) is 0 Å². The Kier molecular flexibility index (Phi) is 12.7. The van der Waals surface area contributed by atoms with Crippen molar-refractivity contribution in [3.8, 4) is 0 Å². The number of benzene rings is 3. The predicted molar refractivity (Wildman–Crippen MR) is 187 cm³/mol. The molecule has 0 atom stereocenters. The van der Waals surface area contributed by atoms with Crippen molar-refractivity contribution in [2.45, 2.75) is 97.8 Å². The summed E-state index contributed by atoms with van der Waals surface area (Å²) in [4.78, 5) is 26.2. The fourth-order valence-corrected chi connectivity index (χ4v) is 11.3. The molecule has 0 radical (unpaired) electrons. The molecule has 0 spiro atoms. The predicted octanol–water partition coefficient (Wildman–Crippen LogP) is 9.47. The van der Waals surface area contributed by atoms with Crippen molar-refractivity contribution in [1.29, 1.82) is 0 Å². The highest BCUT2D eigenvalue weighted by Gasteiger charge is 2.44. The zero-order chi connectivity index (χ0) is 30.5. The lowest BCUT2D eigenvalue weighted by Crippen LogP contribution is -2.33. The molecule has 0 fully saturated rings. The number of carbonyl (C=O) groups is 2. The van der Waals surface area contributed by atoms with Crippen LogP contribution in [0.4, 0.5) is 0 Å². The van der Waals surface area contributed by atoms with Gasteiger partial charge < -0.3 is 0 Å². The monoisotopic (exact) mass is 593 g/mol. The molecule has 0 amide bonds. The molecule has 0 aliphatic heterocycles. The Hall–Kier alpha value is -3.09. The molecule has 0 saturated heterocycles. The Labute approximate surface area is 261 Å². The standard InChI is InChI=1S/C40H50O2P/c1-4-35-36(5-2)40(42)38(37(6-3)39(35)41)30-22-11-9-7-8-10-12-23-31-43(32-24-16-13-17-25-32,33-26-18-14-19-27-33)34-28-20-15-21-29-34/h13-21,24-29H,4-12,22-23,30-31H2,1-3H3/q+1. The number of carbonyl (C=O) groups excluding carboxylic acids is 2. The lowest BCUT2D eigenvalue weighted by Gasteiger charge is -2.27. The number of hydrogen-bond acceptors (Lipinski definition) is 2. The minimum absolute atomic E-state index is 0.134. The summed E-state index contributed by atoms with van der Waals surface area (Å²) < 4.78 is 0. The fourth-order valence-electron chi connectivity index (χ4n) is 6.89. The Bertz CT molecular complexity index is 1290. The van der Waals surface area contributed by atoms with Crippen LogP contribution < -0.4 is 15.9 Å². The Morgan fingerprint density at radius 1 is 0.419 bits per heavy atom. The lowest BCUT2D eigenvalue weighted by atomic mass is 9.79. The van der Waals surface area contributed by atoms with Crippen LogP contribution in [-0.2, 0) is 9.59 Å². The maximum Gasteiger partial charge on any atom is 0.185 e. The molecule has 1 aliphatic rings. The maximum atomic E-state index is 13.2. The van der Waals surface area contributed by atoms with E-state index in [0.717, 1.165) is 41.6 Å². The smallest absolute Gasteiger partial charge is 0.185 e. The van der Waals surface area contributed by atoms with Crippen LogP contribution in [0.15, 0.2) is 113 Å². The lowest BCUT2D eigenvalue weighted by molar-refractivity contribution is -0.117. The molecular formula is C40H50O2P+. The van der Waals surface area contributed by atoms with Gasteiger partial charge in [0.2, 0.25) is 0 Å². The quantitative estimate of drug-likeness (QED) is 0.0887. The van der Waals surface area contributed by atoms with Gasteiger partial charge in [0.05, 0.1) is 6.16 Å². The molecule has 0 aromatic heterocycles. The molecule has 0 saturated carbocycles. The van der Waals surface area contributed by atoms with E-state index in [0.29, 0.717) is 19.3 Å². The Morgan fingerprint density at radius 3 is 1.14 bits per heavy atom. The van der Waals surface area contributed by atoms with Gasteiger partial charge in [-0.1, -0.05) is 107 Å². The van der Waals surface area contributed by atoms with Crippen molar-refractivity contribution in [3.05, 3.63) is 113 Å². The van der Waals surface area contributed by atoms with Crippen molar-refractivity contribution in [2.24, 2.45) is 0 Å². The molecule has 0 heterocycles. The van der Waals surface area contributed by atoms with Crippen LogP contribution >= 0.6 is 7.26 Å². The van der Waals surface area contributed by atoms with E-state index in [9.17, 15) is 9.59 Å². The Balaban J connectivity index is 1.28. The highest BCUT2D eigenvalue weighted by Crippen LogP contribution is 2.56. The molecule has 3 aromatic carbocycles. The second-order valence-corrected chi connectivity index (χ2v) is 15.4. The SMILES string of the molecule is CCC1=C(CC)C(=O)C(CCCCCCCCCC[P+](c2ccccc2)(c2ccccc2)c2ccccc2)=C(CC)C1=O. The van der Waals surface area contributed by atoms with Crippen LogP contribution in [0.1, 0.15) is 97.8 Å². The van der Waals surface area contributed by atoms with Gasteiger partial charge in [-0.25, -0.2) is 0 Å². The summed E-state index contributed by atoms with van der Waals surface area (Å²) in [5.41, 5.74) is 3.10. The molecule has 3 heteroatoms. The number of allylic oxidation sites excluding steroid dienone is 4. The van der Waals surface area contributed by atoms with Crippen molar-refractivity contribution in [2.75, 3.05) is 6.16 Å². The van der Waals surface area contributed by atoms with Crippen LogP contribution in [0.25, 0.3) is 0 Å². The molecule has 3 aromatic rings. The zero-order valence-corrected chi connectivity index (χ0v) is 27.5. The number of rotatable bonds is 17. The number of hydrogen-bond donors (Lipinski definition) is 0. The van der Waals surface area contributed by atoms with Gasteiger partial charge in [0, 0.05) is 22.3 Å². The third-order valence-corrected chi connectivity index (χ3v) is 13.7.